The van der Waals surface area contributed by atoms with E-state index in [1.54, 1.807) is 24.3 Å². The summed E-state index contributed by atoms with van der Waals surface area (Å²) < 4.78 is 5.01. The van der Waals surface area contributed by atoms with E-state index in [0.717, 1.165) is 4.90 Å². The molecule has 0 aliphatic carbocycles. The molecular weight excluding hydrogens is 208 g/mol. The SMILES string of the molecule is COc1cccc(C(C#N)N(C)C(=O)O)c1. The Morgan fingerprint density at radius 2 is 2.31 bits per heavy atom. The molecule has 0 aliphatic rings. The molecule has 0 radical (unpaired) electrons. The number of amides is 1. The number of hydrogen-bond donors (Lipinski definition) is 1. The smallest absolute Gasteiger partial charge is 0.408 e. The Hall–Kier alpha value is -2.22. The van der Waals surface area contributed by atoms with E-state index < -0.39 is 12.1 Å². The van der Waals surface area contributed by atoms with Crippen molar-refractivity contribution in [1.29, 1.82) is 5.26 Å². The second-order valence-corrected chi connectivity index (χ2v) is 3.20. The topological polar surface area (TPSA) is 73.6 Å². The van der Waals surface area contributed by atoms with Gasteiger partial charge in [-0.2, -0.15) is 5.26 Å². The van der Waals surface area contributed by atoms with Crippen LogP contribution in [0.15, 0.2) is 24.3 Å². The molecule has 1 unspecified atom stereocenters. The van der Waals surface area contributed by atoms with Crippen molar-refractivity contribution in [3.8, 4) is 11.8 Å². The highest BCUT2D eigenvalue weighted by atomic mass is 16.5. The number of carboxylic acid groups (broad SMARTS) is 1. The minimum Gasteiger partial charge on any atom is -0.497 e. The first-order valence-electron chi connectivity index (χ1n) is 4.59. The maximum Gasteiger partial charge on any atom is 0.408 e. The van der Waals surface area contributed by atoms with Gasteiger partial charge in [-0.3, -0.25) is 4.90 Å². The number of ether oxygens (including phenoxy) is 1. The zero-order valence-electron chi connectivity index (χ0n) is 9.04. The molecule has 0 heterocycles. The summed E-state index contributed by atoms with van der Waals surface area (Å²) in [6, 6.07) is 7.90. The second-order valence-electron chi connectivity index (χ2n) is 3.20. The van der Waals surface area contributed by atoms with Crippen LogP contribution >= 0.6 is 0 Å². The van der Waals surface area contributed by atoms with E-state index in [-0.39, 0.29) is 0 Å². The van der Waals surface area contributed by atoms with Gasteiger partial charge in [-0.25, -0.2) is 4.79 Å². The first-order valence-corrected chi connectivity index (χ1v) is 4.59. The Morgan fingerprint density at radius 3 is 2.81 bits per heavy atom. The number of hydrogen-bond acceptors (Lipinski definition) is 3. The first kappa shape index (κ1) is 11.9. The predicted octanol–water partition coefficient (Wildman–Crippen LogP) is 1.87. The summed E-state index contributed by atoms with van der Waals surface area (Å²) in [7, 11) is 2.87. The van der Waals surface area contributed by atoms with E-state index in [1.807, 2.05) is 6.07 Å². The van der Waals surface area contributed by atoms with Gasteiger partial charge in [-0.15, -0.1) is 0 Å². The molecule has 0 aliphatic heterocycles. The maximum absolute atomic E-state index is 10.8. The second kappa shape index (κ2) is 5.03. The lowest BCUT2D eigenvalue weighted by Crippen LogP contribution is -2.28. The van der Waals surface area contributed by atoms with E-state index >= 15 is 0 Å². The molecule has 1 atom stereocenters. The Bertz CT molecular complexity index is 425. The molecule has 0 spiro atoms. The van der Waals surface area contributed by atoms with Crippen LogP contribution in [-0.2, 0) is 0 Å². The van der Waals surface area contributed by atoms with Crippen LogP contribution in [0.25, 0.3) is 0 Å². The summed E-state index contributed by atoms with van der Waals surface area (Å²) in [5.74, 6) is 0.594. The number of benzene rings is 1. The van der Waals surface area contributed by atoms with Crippen molar-refractivity contribution in [3.05, 3.63) is 29.8 Å². The first-order chi connectivity index (χ1) is 7.60. The lowest BCUT2D eigenvalue weighted by molar-refractivity contribution is 0.147. The monoisotopic (exact) mass is 220 g/mol. The van der Waals surface area contributed by atoms with Crippen LogP contribution in [0, 0.1) is 11.3 Å². The number of carbonyl (C=O) groups is 1. The van der Waals surface area contributed by atoms with Gasteiger partial charge in [0.05, 0.1) is 13.2 Å². The Labute approximate surface area is 93.5 Å². The Balaban J connectivity index is 3.04. The summed E-state index contributed by atoms with van der Waals surface area (Å²) in [4.78, 5) is 11.7. The molecular formula is C11H12N2O3. The van der Waals surface area contributed by atoms with Crippen LogP contribution in [0.3, 0.4) is 0 Å². The van der Waals surface area contributed by atoms with Gasteiger partial charge in [0.15, 0.2) is 0 Å². The van der Waals surface area contributed by atoms with Crippen LogP contribution in [0.1, 0.15) is 11.6 Å². The minimum atomic E-state index is -1.14. The van der Waals surface area contributed by atoms with Gasteiger partial charge >= 0.3 is 6.09 Å². The summed E-state index contributed by atoms with van der Waals surface area (Å²) in [5, 5.41) is 17.8. The van der Waals surface area contributed by atoms with E-state index in [0.29, 0.717) is 11.3 Å². The quantitative estimate of drug-likeness (QED) is 0.843. The standard InChI is InChI=1S/C11H12N2O3/c1-13(11(14)15)10(7-12)8-4-3-5-9(6-8)16-2/h3-6,10H,1-2H3,(H,14,15). The highest BCUT2D eigenvalue weighted by Gasteiger charge is 2.20. The molecule has 5 heteroatoms. The third kappa shape index (κ3) is 2.42. The number of rotatable bonds is 3. The van der Waals surface area contributed by atoms with E-state index in [9.17, 15) is 4.79 Å². The van der Waals surface area contributed by atoms with Gasteiger partial charge in [-0.05, 0) is 17.7 Å². The van der Waals surface area contributed by atoms with E-state index in [2.05, 4.69) is 0 Å². The molecule has 0 saturated heterocycles. The van der Waals surface area contributed by atoms with Crippen LogP contribution in [0.5, 0.6) is 5.75 Å². The van der Waals surface area contributed by atoms with Crippen LogP contribution in [0.2, 0.25) is 0 Å². The highest BCUT2D eigenvalue weighted by molar-refractivity contribution is 5.66. The average Bonchev–Trinajstić information content (AvgIpc) is 2.30. The zero-order chi connectivity index (χ0) is 12.1. The summed E-state index contributed by atoms with van der Waals surface area (Å²) in [6.07, 6.45) is -1.14. The Kier molecular flexibility index (Phi) is 3.72. The highest BCUT2D eigenvalue weighted by Crippen LogP contribution is 2.22. The zero-order valence-corrected chi connectivity index (χ0v) is 9.04. The maximum atomic E-state index is 10.8. The van der Waals surface area contributed by atoms with Gasteiger partial charge in [-0.1, -0.05) is 12.1 Å². The van der Waals surface area contributed by atoms with E-state index in [1.165, 1.54) is 14.2 Å². The fourth-order valence-corrected chi connectivity index (χ4v) is 1.31. The van der Waals surface area contributed by atoms with Crippen molar-refractivity contribution in [2.24, 2.45) is 0 Å². The van der Waals surface area contributed by atoms with Crippen LogP contribution in [-0.4, -0.2) is 30.3 Å². The number of methoxy groups -OCH3 is 1. The lowest BCUT2D eigenvalue weighted by Gasteiger charge is -2.19. The fourth-order valence-electron chi connectivity index (χ4n) is 1.31. The molecule has 16 heavy (non-hydrogen) atoms. The average molecular weight is 220 g/mol. The molecule has 0 saturated carbocycles. The molecule has 0 bridgehead atoms. The van der Waals surface area contributed by atoms with E-state index in [4.69, 9.17) is 15.1 Å². The Morgan fingerprint density at radius 1 is 1.62 bits per heavy atom. The van der Waals surface area contributed by atoms with Crippen molar-refractivity contribution >= 4 is 6.09 Å². The van der Waals surface area contributed by atoms with Crippen molar-refractivity contribution in [1.82, 2.24) is 4.90 Å². The molecule has 1 aromatic carbocycles. The van der Waals surface area contributed by atoms with Gasteiger partial charge in [0.25, 0.3) is 0 Å². The fraction of sp³-hybridized carbons (Fsp3) is 0.273. The summed E-state index contributed by atoms with van der Waals surface area (Å²) in [5.41, 5.74) is 0.590. The molecule has 0 fully saturated rings. The van der Waals surface area contributed by atoms with Crippen molar-refractivity contribution in [3.63, 3.8) is 0 Å². The molecule has 84 valence electrons. The van der Waals surface area contributed by atoms with Gasteiger partial charge < -0.3 is 9.84 Å². The molecule has 0 aromatic heterocycles. The molecule has 1 amide bonds. The van der Waals surface area contributed by atoms with Crippen molar-refractivity contribution in [2.75, 3.05) is 14.2 Å². The van der Waals surface area contributed by atoms with Crippen molar-refractivity contribution < 1.29 is 14.6 Å². The number of nitrogens with zero attached hydrogens (tertiary/aromatic N) is 2. The van der Waals surface area contributed by atoms with Crippen LogP contribution < -0.4 is 4.74 Å². The normalized spacial score (nSPS) is 11.3. The molecule has 5 nitrogen and oxygen atoms in total. The largest absolute Gasteiger partial charge is 0.497 e. The number of nitriles is 1. The minimum absolute atomic E-state index is 0.590. The van der Waals surface area contributed by atoms with Crippen molar-refractivity contribution in [2.45, 2.75) is 6.04 Å². The van der Waals surface area contributed by atoms with Gasteiger partial charge in [0.2, 0.25) is 0 Å². The predicted molar refractivity (Wildman–Crippen MR) is 57.1 cm³/mol. The third-order valence-corrected chi connectivity index (χ3v) is 2.22. The van der Waals surface area contributed by atoms with Crippen LogP contribution in [0.4, 0.5) is 4.79 Å². The molecule has 1 aromatic rings. The lowest BCUT2D eigenvalue weighted by atomic mass is 10.1. The molecule has 1 N–H and O–H groups in total. The summed E-state index contributed by atoms with van der Waals surface area (Å²) >= 11 is 0. The summed E-state index contributed by atoms with van der Waals surface area (Å²) in [6.45, 7) is 0. The molecule has 1 rings (SSSR count). The van der Waals surface area contributed by atoms with Gasteiger partial charge in [0.1, 0.15) is 11.8 Å². The third-order valence-electron chi connectivity index (χ3n) is 2.22. The van der Waals surface area contributed by atoms with Gasteiger partial charge in [0, 0.05) is 7.05 Å².